The van der Waals surface area contributed by atoms with Gasteiger partial charge in [0.05, 0.1) is 12.2 Å². The molecule has 1 aromatic carbocycles. The van der Waals surface area contributed by atoms with Crippen LogP contribution < -0.4 is 0 Å². The predicted octanol–water partition coefficient (Wildman–Crippen LogP) is 4.00. The monoisotopic (exact) mass is 246 g/mol. The van der Waals surface area contributed by atoms with Crippen LogP contribution in [0.5, 0.6) is 0 Å². The quantitative estimate of drug-likeness (QED) is 0.709. The van der Waals surface area contributed by atoms with Gasteiger partial charge in [-0.25, -0.2) is 0 Å². The van der Waals surface area contributed by atoms with Gasteiger partial charge in [0.2, 0.25) is 0 Å². The number of carbonyl (C=O) groups excluding carboxylic acids is 1. The molecule has 0 N–H and O–H groups in total. The first-order chi connectivity index (χ1) is 8.79. The summed E-state index contributed by atoms with van der Waals surface area (Å²) in [5, 5.41) is 0. The number of Topliss-reactive ketones (excluding diaryl/α,β-unsaturated/α-hetero) is 1. The summed E-state index contributed by atoms with van der Waals surface area (Å²) >= 11 is 0. The van der Waals surface area contributed by atoms with Crippen molar-refractivity contribution in [1.82, 2.24) is 0 Å². The summed E-state index contributed by atoms with van der Waals surface area (Å²) < 4.78 is 5.93. The Hall–Kier alpha value is -1.15. The molecule has 1 saturated heterocycles. The molecule has 0 radical (unpaired) electrons. The Morgan fingerprint density at radius 1 is 1.22 bits per heavy atom. The van der Waals surface area contributed by atoms with Crippen molar-refractivity contribution in [3.05, 3.63) is 35.9 Å². The third-order valence-electron chi connectivity index (χ3n) is 3.58. The van der Waals surface area contributed by atoms with E-state index in [0.717, 1.165) is 24.8 Å². The van der Waals surface area contributed by atoms with E-state index < -0.39 is 0 Å². The molecule has 0 spiro atoms. The summed E-state index contributed by atoms with van der Waals surface area (Å²) in [4.78, 5) is 12.0. The minimum absolute atomic E-state index is 0.138. The Morgan fingerprint density at radius 2 is 1.94 bits per heavy atom. The van der Waals surface area contributed by atoms with Crippen LogP contribution in [0.2, 0.25) is 0 Å². The van der Waals surface area contributed by atoms with E-state index in [1.165, 1.54) is 12.8 Å². The molecule has 2 atom stereocenters. The van der Waals surface area contributed by atoms with Crippen LogP contribution in [0.1, 0.15) is 55.8 Å². The first-order valence-corrected chi connectivity index (χ1v) is 7.03. The Morgan fingerprint density at radius 3 is 2.67 bits per heavy atom. The van der Waals surface area contributed by atoms with E-state index in [9.17, 15) is 4.79 Å². The van der Waals surface area contributed by atoms with Crippen molar-refractivity contribution < 1.29 is 9.53 Å². The Labute approximate surface area is 109 Å². The highest BCUT2D eigenvalue weighted by atomic mass is 16.5. The SMILES string of the molecule is CCCC[C@@H]1CC[C@H](CC(=O)c2ccccc2)O1. The van der Waals surface area contributed by atoms with Crippen LogP contribution in [0.15, 0.2) is 30.3 Å². The average molecular weight is 246 g/mol. The second-order valence-corrected chi connectivity index (χ2v) is 5.09. The topological polar surface area (TPSA) is 26.3 Å². The zero-order chi connectivity index (χ0) is 12.8. The van der Waals surface area contributed by atoms with Gasteiger partial charge in [0.25, 0.3) is 0 Å². The molecule has 0 amide bonds. The number of unbranched alkanes of at least 4 members (excludes halogenated alkanes) is 1. The molecule has 0 saturated carbocycles. The average Bonchev–Trinajstić information content (AvgIpc) is 2.85. The van der Waals surface area contributed by atoms with E-state index in [-0.39, 0.29) is 11.9 Å². The number of ether oxygens (including phenoxy) is 1. The lowest BCUT2D eigenvalue weighted by Crippen LogP contribution is -2.15. The normalized spacial score (nSPS) is 23.2. The van der Waals surface area contributed by atoms with Crippen molar-refractivity contribution in [2.24, 2.45) is 0 Å². The lowest BCUT2D eigenvalue weighted by atomic mass is 10.0. The molecule has 1 fully saturated rings. The van der Waals surface area contributed by atoms with Gasteiger partial charge in [-0.2, -0.15) is 0 Å². The van der Waals surface area contributed by atoms with Gasteiger partial charge in [-0.1, -0.05) is 50.1 Å². The zero-order valence-electron chi connectivity index (χ0n) is 11.1. The molecule has 0 unspecified atom stereocenters. The van der Waals surface area contributed by atoms with Crippen molar-refractivity contribution >= 4 is 5.78 Å². The number of carbonyl (C=O) groups is 1. The highest BCUT2D eigenvalue weighted by Gasteiger charge is 2.26. The van der Waals surface area contributed by atoms with Crippen LogP contribution in [0.25, 0.3) is 0 Å². The molecule has 2 rings (SSSR count). The summed E-state index contributed by atoms with van der Waals surface area (Å²) in [7, 11) is 0. The molecule has 98 valence electrons. The number of benzene rings is 1. The second kappa shape index (κ2) is 6.69. The third-order valence-corrected chi connectivity index (χ3v) is 3.58. The van der Waals surface area contributed by atoms with Gasteiger partial charge in [0.1, 0.15) is 0 Å². The minimum Gasteiger partial charge on any atom is -0.375 e. The molecule has 1 aromatic rings. The van der Waals surface area contributed by atoms with Crippen molar-refractivity contribution in [1.29, 1.82) is 0 Å². The molecule has 2 nitrogen and oxygen atoms in total. The van der Waals surface area contributed by atoms with Crippen molar-refractivity contribution in [3.8, 4) is 0 Å². The maximum atomic E-state index is 12.0. The highest BCUT2D eigenvalue weighted by molar-refractivity contribution is 5.96. The summed E-state index contributed by atoms with van der Waals surface area (Å²) in [6.45, 7) is 2.20. The first kappa shape index (κ1) is 13.3. The molecule has 0 bridgehead atoms. The van der Waals surface area contributed by atoms with Crippen LogP contribution in [-0.4, -0.2) is 18.0 Å². The second-order valence-electron chi connectivity index (χ2n) is 5.09. The van der Waals surface area contributed by atoms with Gasteiger partial charge in [-0.05, 0) is 19.3 Å². The molecule has 1 heterocycles. The standard InChI is InChI=1S/C16H22O2/c1-2-3-9-14-10-11-15(18-14)12-16(17)13-7-5-4-6-8-13/h4-8,14-15H,2-3,9-12H2,1H3/t14-,15-/m1/s1. The maximum absolute atomic E-state index is 12.0. The van der Waals surface area contributed by atoms with E-state index >= 15 is 0 Å². The maximum Gasteiger partial charge on any atom is 0.165 e. The molecule has 1 aliphatic rings. The Kier molecular flexibility index (Phi) is 4.94. The predicted molar refractivity (Wildman–Crippen MR) is 72.8 cm³/mol. The molecule has 0 aromatic heterocycles. The van der Waals surface area contributed by atoms with E-state index in [0.29, 0.717) is 12.5 Å². The van der Waals surface area contributed by atoms with Gasteiger partial charge in [0.15, 0.2) is 5.78 Å². The minimum atomic E-state index is 0.138. The number of hydrogen-bond donors (Lipinski definition) is 0. The van der Waals surface area contributed by atoms with Crippen LogP contribution >= 0.6 is 0 Å². The van der Waals surface area contributed by atoms with Crippen molar-refractivity contribution in [3.63, 3.8) is 0 Å². The van der Waals surface area contributed by atoms with Crippen LogP contribution in [0, 0.1) is 0 Å². The zero-order valence-corrected chi connectivity index (χ0v) is 11.1. The molecule has 0 aliphatic carbocycles. The molecular weight excluding hydrogens is 224 g/mol. The Bertz CT molecular complexity index is 372. The summed E-state index contributed by atoms with van der Waals surface area (Å²) in [6, 6.07) is 9.51. The number of hydrogen-bond acceptors (Lipinski definition) is 2. The summed E-state index contributed by atoms with van der Waals surface area (Å²) in [6.07, 6.45) is 6.80. The van der Waals surface area contributed by atoms with E-state index in [1.54, 1.807) is 0 Å². The van der Waals surface area contributed by atoms with E-state index in [4.69, 9.17) is 4.74 Å². The summed E-state index contributed by atoms with van der Waals surface area (Å²) in [5.41, 5.74) is 0.804. The molecule has 2 heteroatoms. The highest BCUT2D eigenvalue weighted by Crippen LogP contribution is 2.26. The van der Waals surface area contributed by atoms with Gasteiger partial charge < -0.3 is 4.74 Å². The fraction of sp³-hybridized carbons (Fsp3) is 0.562. The van der Waals surface area contributed by atoms with E-state index in [1.807, 2.05) is 30.3 Å². The number of ketones is 1. The van der Waals surface area contributed by atoms with Crippen molar-refractivity contribution in [2.45, 2.75) is 57.7 Å². The largest absolute Gasteiger partial charge is 0.375 e. The molecule has 1 aliphatic heterocycles. The number of rotatable bonds is 6. The lowest BCUT2D eigenvalue weighted by molar-refractivity contribution is 0.0343. The fourth-order valence-electron chi connectivity index (χ4n) is 2.52. The van der Waals surface area contributed by atoms with Crippen LogP contribution in [0.4, 0.5) is 0 Å². The van der Waals surface area contributed by atoms with Gasteiger partial charge >= 0.3 is 0 Å². The first-order valence-electron chi connectivity index (χ1n) is 7.03. The Balaban J connectivity index is 1.79. The fourth-order valence-corrected chi connectivity index (χ4v) is 2.52. The van der Waals surface area contributed by atoms with Crippen molar-refractivity contribution in [2.75, 3.05) is 0 Å². The molecule has 18 heavy (non-hydrogen) atoms. The smallest absolute Gasteiger partial charge is 0.165 e. The van der Waals surface area contributed by atoms with Crippen LogP contribution in [-0.2, 0) is 4.74 Å². The van der Waals surface area contributed by atoms with Gasteiger partial charge in [-0.3, -0.25) is 4.79 Å². The van der Waals surface area contributed by atoms with Crippen LogP contribution in [0.3, 0.4) is 0 Å². The van der Waals surface area contributed by atoms with Gasteiger partial charge in [-0.15, -0.1) is 0 Å². The molecular formula is C16H22O2. The lowest BCUT2D eigenvalue weighted by Gasteiger charge is -2.12. The van der Waals surface area contributed by atoms with E-state index in [2.05, 4.69) is 6.92 Å². The van der Waals surface area contributed by atoms with Gasteiger partial charge in [0, 0.05) is 12.0 Å². The summed E-state index contributed by atoms with van der Waals surface area (Å²) in [5.74, 6) is 0.205. The third kappa shape index (κ3) is 3.67.